The van der Waals surface area contributed by atoms with Gasteiger partial charge >= 0.3 is 0 Å². The van der Waals surface area contributed by atoms with Crippen molar-refractivity contribution in [3.63, 3.8) is 0 Å². The molecule has 1 aliphatic rings. The first kappa shape index (κ1) is 12.1. The zero-order valence-corrected chi connectivity index (χ0v) is 10.5. The van der Waals surface area contributed by atoms with Gasteiger partial charge in [0.25, 0.3) is 0 Å². The van der Waals surface area contributed by atoms with Gasteiger partial charge in [-0.05, 0) is 39.3 Å². The van der Waals surface area contributed by atoms with Crippen molar-refractivity contribution in [2.45, 2.75) is 32.2 Å². The topological polar surface area (TPSA) is 59.1 Å². The highest BCUT2D eigenvalue weighted by molar-refractivity contribution is 5.31. The molecule has 1 aliphatic heterocycles. The van der Waals surface area contributed by atoms with Crippen molar-refractivity contribution in [2.75, 3.05) is 25.5 Å². The molecule has 1 saturated heterocycles. The average molecular weight is 236 g/mol. The van der Waals surface area contributed by atoms with Gasteiger partial charge in [0.05, 0.1) is 7.11 Å². The fourth-order valence-electron chi connectivity index (χ4n) is 2.05. The van der Waals surface area contributed by atoms with Gasteiger partial charge in [-0.2, -0.15) is 4.98 Å². The molecule has 1 fully saturated rings. The van der Waals surface area contributed by atoms with Gasteiger partial charge in [0.1, 0.15) is 0 Å². The van der Waals surface area contributed by atoms with Gasteiger partial charge in [-0.15, -0.1) is 0 Å². The van der Waals surface area contributed by atoms with Crippen molar-refractivity contribution >= 4 is 5.95 Å². The number of rotatable bonds is 3. The number of nitrogens with zero attached hydrogens (tertiary/aromatic N) is 2. The fourth-order valence-corrected chi connectivity index (χ4v) is 2.05. The summed E-state index contributed by atoms with van der Waals surface area (Å²) < 4.78 is 5.15. The molecule has 5 heteroatoms. The third kappa shape index (κ3) is 3.56. The molecule has 0 aromatic carbocycles. The summed E-state index contributed by atoms with van der Waals surface area (Å²) >= 11 is 0. The number of methoxy groups -OCH3 is 1. The standard InChI is InChI=1S/C12H20N4O/c1-9-8-11(17-2)16-12(14-9)15-10-4-3-6-13-7-5-10/h8,10,13H,3-7H2,1-2H3,(H,14,15,16). The maximum atomic E-state index is 5.15. The van der Waals surface area contributed by atoms with Gasteiger partial charge in [-0.25, -0.2) is 4.98 Å². The summed E-state index contributed by atoms with van der Waals surface area (Å²) in [7, 11) is 1.63. The summed E-state index contributed by atoms with van der Waals surface area (Å²) in [6, 6.07) is 2.29. The Morgan fingerprint density at radius 3 is 3.06 bits per heavy atom. The zero-order valence-electron chi connectivity index (χ0n) is 10.5. The van der Waals surface area contributed by atoms with E-state index in [-0.39, 0.29) is 0 Å². The van der Waals surface area contributed by atoms with Gasteiger partial charge in [0.15, 0.2) is 0 Å². The van der Waals surface area contributed by atoms with E-state index in [0.29, 0.717) is 17.9 Å². The minimum atomic E-state index is 0.455. The molecular weight excluding hydrogens is 216 g/mol. The molecule has 0 radical (unpaired) electrons. The third-order valence-electron chi connectivity index (χ3n) is 2.95. The lowest BCUT2D eigenvalue weighted by Gasteiger charge is -2.16. The Bertz CT molecular complexity index is 362. The van der Waals surface area contributed by atoms with Crippen LogP contribution in [0.15, 0.2) is 6.07 Å². The Balaban J connectivity index is 2.03. The van der Waals surface area contributed by atoms with Crippen LogP contribution in [0.2, 0.25) is 0 Å². The molecule has 1 aromatic heterocycles. The normalized spacial score (nSPS) is 20.7. The molecule has 2 rings (SSSR count). The van der Waals surface area contributed by atoms with Crippen molar-refractivity contribution in [3.8, 4) is 5.88 Å². The highest BCUT2D eigenvalue weighted by atomic mass is 16.5. The Hall–Kier alpha value is -1.36. The minimum absolute atomic E-state index is 0.455. The minimum Gasteiger partial charge on any atom is -0.481 e. The monoisotopic (exact) mass is 236 g/mol. The van der Waals surface area contributed by atoms with Gasteiger partial charge in [0.2, 0.25) is 11.8 Å². The van der Waals surface area contributed by atoms with Crippen LogP contribution in [-0.2, 0) is 0 Å². The molecule has 2 N–H and O–H groups in total. The molecule has 1 aromatic rings. The highest BCUT2D eigenvalue weighted by Gasteiger charge is 2.13. The summed E-state index contributed by atoms with van der Waals surface area (Å²) in [5.74, 6) is 1.29. The first-order chi connectivity index (χ1) is 8.28. The average Bonchev–Trinajstić information content (AvgIpc) is 2.57. The van der Waals surface area contributed by atoms with E-state index >= 15 is 0 Å². The first-order valence-electron chi connectivity index (χ1n) is 6.15. The van der Waals surface area contributed by atoms with E-state index in [1.54, 1.807) is 7.11 Å². The Morgan fingerprint density at radius 2 is 2.24 bits per heavy atom. The Morgan fingerprint density at radius 1 is 1.35 bits per heavy atom. The maximum Gasteiger partial charge on any atom is 0.226 e. The van der Waals surface area contributed by atoms with Crippen molar-refractivity contribution in [1.82, 2.24) is 15.3 Å². The van der Waals surface area contributed by atoms with E-state index in [4.69, 9.17) is 4.74 Å². The van der Waals surface area contributed by atoms with E-state index in [0.717, 1.165) is 31.6 Å². The quantitative estimate of drug-likeness (QED) is 0.829. The molecule has 1 unspecified atom stereocenters. The summed E-state index contributed by atoms with van der Waals surface area (Å²) in [4.78, 5) is 8.70. The van der Waals surface area contributed by atoms with Crippen molar-refractivity contribution < 1.29 is 4.74 Å². The molecule has 17 heavy (non-hydrogen) atoms. The van der Waals surface area contributed by atoms with E-state index in [9.17, 15) is 0 Å². The van der Waals surface area contributed by atoms with E-state index in [1.807, 2.05) is 13.0 Å². The van der Waals surface area contributed by atoms with Gasteiger partial charge in [-0.1, -0.05) is 0 Å². The van der Waals surface area contributed by atoms with Crippen LogP contribution in [-0.4, -0.2) is 36.2 Å². The zero-order chi connectivity index (χ0) is 12.1. The molecule has 0 spiro atoms. The van der Waals surface area contributed by atoms with Crippen LogP contribution < -0.4 is 15.4 Å². The number of aryl methyl sites for hydroxylation is 1. The molecule has 1 atom stereocenters. The SMILES string of the molecule is COc1cc(C)nc(NC2CCCNCC2)n1. The first-order valence-corrected chi connectivity index (χ1v) is 6.15. The summed E-state index contributed by atoms with van der Waals surface area (Å²) in [5.41, 5.74) is 0.922. The fraction of sp³-hybridized carbons (Fsp3) is 0.667. The number of anilines is 1. The lowest BCUT2D eigenvalue weighted by atomic mass is 10.1. The van der Waals surface area contributed by atoms with Crippen LogP contribution in [0.1, 0.15) is 25.0 Å². The van der Waals surface area contributed by atoms with E-state index in [2.05, 4.69) is 20.6 Å². The molecule has 94 valence electrons. The van der Waals surface area contributed by atoms with Crippen LogP contribution in [0.4, 0.5) is 5.95 Å². The van der Waals surface area contributed by atoms with Gasteiger partial charge in [-0.3, -0.25) is 0 Å². The molecule has 0 saturated carbocycles. The van der Waals surface area contributed by atoms with Crippen molar-refractivity contribution in [1.29, 1.82) is 0 Å². The Kier molecular flexibility index (Phi) is 4.14. The smallest absolute Gasteiger partial charge is 0.226 e. The number of hydrogen-bond donors (Lipinski definition) is 2. The third-order valence-corrected chi connectivity index (χ3v) is 2.95. The largest absolute Gasteiger partial charge is 0.481 e. The summed E-state index contributed by atoms with van der Waals surface area (Å²) in [5, 5.41) is 6.79. The van der Waals surface area contributed by atoms with Crippen LogP contribution in [0.5, 0.6) is 5.88 Å². The van der Waals surface area contributed by atoms with Crippen molar-refractivity contribution in [3.05, 3.63) is 11.8 Å². The highest BCUT2D eigenvalue weighted by Crippen LogP contribution is 2.15. The Labute approximate surface area is 102 Å². The van der Waals surface area contributed by atoms with Gasteiger partial charge < -0.3 is 15.4 Å². The maximum absolute atomic E-state index is 5.15. The van der Waals surface area contributed by atoms with E-state index in [1.165, 1.54) is 6.42 Å². The number of nitrogens with one attached hydrogen (secondary N) is 2. The lowest BCUT2D eigenvalue weighted by molar-refractivity contribution is 0.396. The number of aromatic nitrogens is 2. The van der Waals surface area contributed by atoms with Crippen LogP contribution in [0.25, 0.3) is 0 Å². The molecular formula is C12H20N4O. The van der Waals surface area contributed by atoms with Gasteiger partial charge in [0, 0.05) is 17.8 Å². The van der Waals surface area contributed by atoms with Crippen LogP contribution in [0, 0.1) is 6.92 Å². The predicted octanol–water partition coefficient (Wildman–Crippen LogP) is 1.35. The second-order valence-electron chi connectivity index (χ2n) is 4.40. The lowest BCUT2D eigenvalue weighted by Crippen LogP contribution is -2.22. The number of ether oxygens (including phenoxy) is 1. The number of hydrogen-bond acceptors (Lipinski definition) is 5. The summed E-state index contributed by atoms with van der Waals surface area (Å²) in [6.07, 6.45) is 3.47. The van der Waals surface area contributed by atoms with Crippen LogP contribution >= 0.6 is 0 Å². The molecule has 5 nitrogen and oxygen atoms in total. The second kappa shape index (κ2) is 5.82. The second-order valence-corrected chi connectivity index (χ2v) is 4.40. The molecule has 2 heterocycles. The molecule has 0 amide bonds. The molecule has 0 bridgehead atoms. The summed E-state index contributed by atoms with van der Waals surface area (Å²) in [6.45, 7) is 4.11. The predicted molar refractivity (Wildman–Crippen MR) is 67.5 cm³/mol. The van der Waals surface area contributed by atoms with E-state index < -0.39 is 0 Å². The molecule has 0 aliphatic carbocycles. The van der Waals surface area contributed by atoms with Crippen molar-refractivity contribution in [2.24, 2.45) is 0 Å². The van der Waals surface area contributed by atoms with Crippen LogP contribution in [0.3, 0.4) is 0 Å².